The molecule has 0 saturated carbocycles. The molecular formula is C26H30ClN3O6. The molecule has 2 N–H and O–H groups in total. The van der Waals surface area contributed by atoms with Gasteiger partial charge in [-0.1, -0.05) is 25.4 Å². The lowest BCUT2D eigenvalue weighted by molar-refractivity contribution is -0.123. The first kappa shape index (κ1) is 25.6. The molecule has 0 aromatic heterocycles. The minimum absolute atomic E-state index is 0.0484. The highest BCUT2D eigenvalue weighted by atomic mass is 35.5. The van der Waals surface area contributed by atoms with E-state index >= 15 is 0 Å². The number of carbonyl (C=O) groups excluding carboxylic acids is 3. The van der Waals surface area contributed by atoms with Crippen LogP contribution in [0.25, 0.3) is 0 Å². The first-order chi connectivity index (χ1) is 17.3. The molecular weight excluding hydrogens is 486 g/mol. The molecule has 10 heteroatoms. The van der Waals surface area contributed by atoms with Crippen molar-refractivity contribution in [3.63, 3.8) is 0 Å². The van der Waals surface area contributed by atoms with Crippen LogP contribution in [0.15, 0.2) is 36.4 Å². The molecule has 0 unspecified atom stereocenters. The first-order valence-corrected chi connectivity index (χ1v) is 12.4. The molecule has 2 aromatic carbocycles. The lowest BCUT2D eigenvalue weighted by Crippen LogP contribution is -2.48. The Morgan fingerprint density at radius 2 is 1.81 bits per heavy atom. The monoisotopic (exact) mass is 515 g/mol. The second-order valence-corrected chi connectivity index (χ2v) is 9.56. The number of carbonyl (C=O) groups is 3. The van der Waals surface area contributed by atoms with Gasteiger partial charge in [0.1, 0.15) is 12.4 Å². The molecule has 36 heavy (non-hydrogen) atoms. The van der Waals surface area contributed by atoms with E-state index in [-0.39, 0.29) is 49.6 Å². The van der Waals surface area contributed by atoms with E-state index in [4.69, 9.17) is 25.8 Å². The number of rotatable bonds is 2. The van der Waals surface area contributed by atoms with Crippen LogP contribution in [-0.4, -0.2) is 61.7 Å². The Hall–Kier alpha value is -3.46. The van der Waals surface area contributed by atoms with Crippen LogP contribution < -0.4 is 24.8 Å². The van der Waals surface area contributed by atoms with Gasteiger partial charge >= 0.3 is 0 Å². The van der Waals surface area contributed by atoms with Gasteiger partial charge in [-0.2, -0.15) is 0 Å². The van der Waals surface area contributed by atoms with Crippen LogP contribution in [-0.2, 0) is 4.79 Å². The van der Waals surface area contributed by atoms with Crippen molar-refractivity contribution >= 4 is 29.3 Å². The number of hydrogen-bond donors (Lipinski definition) is 2. The Morgan fingerprint density at radius 1 is 1.03 bits per heavy atom. The summed E-state index contributed by atoms with van der Waals surface area (Å²) in [7, 11) is 0. The van der Waals surface area contributed by atoms with Crippen LogP contribution in [0.1, 0.15) is 47.4 Å². The van der Waals surface area contributed by atoms with Crippen LogP contribution >= 0.6 is 11.6 Å². The first-order valence-electron chi connectivity index (χ1n) is 12.0. The van der Waals surface area contributed by atoms with Gasteiger partial charge in [-0.15, -0.1) is 0 Å². The third-order valence-electron chi connectivity index (χ3n) is 6.14. The van der Waals surface area contributed by atoms with E-state index in [1.165, 1.54) is 4.90 Å². The normalized spacial score (nSPS) is 18.9. The average Bonchev–Trinajstić information content (AvgIpc) is 3.32. The van der Waals surface area contributed by atoms with Crippen molar-refractivity contribution in [2.45, 2.75) is 32.7 Å². The summed E-state index contributed by atoms with van der Waals surface area (Å²) in [6.07, 6.45) is 1.21. The fraction of sp³-hybridized carbons (Fsp3) is 0.423. The maximum atomic E-state index is 13.3. The van der Waals surface area contributed by atoms with Crippen molar-refractivity contribution in [2.24, 2.45) is 5.92 Å². The summed E-state index contributed by atoms with van der Waals surface area (Å²) < 4.78 is 16.7. The molecule has 0 radical (unpaired) electrons. The summed E-state index contributed by atoms with van der Waals surface area (Å²) in [5.74, 6) is 0.671. The number of fused-ring (bicyclic) bond motifs is 2. The summed E-state index contributed by atoms with van der Waals surface area (Å²) in [5, 5.41) is 6.30. The second-order valence-electron chi connectivity index (χ2n) is 9.13. The third-order valence-corrected chi connectivity index (χ3v) is 6.37. The molecule has 3 amide bonds. The molecule has 0 saturated heterocycles. The van der Waals surface area contributed by atoms with Crippen molar-refractivity contribution in [2.75, 3.05) is 33.0 Å². The fourth-order valence-electron chi connectivity index (χ4n) is 4.00. The number of halogens is 1. The SMILES string of the molecule is CC(C)[C@H]1COc2ccc(Cl)cc2C(=O)NCCCCN(C(=O)c2ccc3c(c2)OCO3)CC(=O)N1. The minimum atomic E-state index is -0.336. The average molecular weight is 516 g/mol. The molecule has 4 rings (SSSR count). The number of benzene rings is 2. The van der Waals surface area contributed by atoms with Crippen LogP contribution in [0.3, 0.4) is 0 Å². The summed E-state index contributed by atoms with van der Waals surface area (Å²) in [4.78, 5) is 40.7. The van der Waals surface area contributed by atoms with Crippen molar-refractivity contribution in [3.8, 4) is 17.2 Å². The molecule has 9 nitrogen and oxygen atoms in total. The van der Waals surface area contributed by atoms with Gasteiger partial charge in [-0.3, -0.25) is 14.4 Å². The van der Waals surface area contributed by atoms with Crippen LogP contribution in [0.5, 0.6) is 17.2 Å². The van der Waals surface area contributed by atoms with Gasteiger partial charge < -0.3 is 29.7 Å². The number of nitrogens with one attached hydrogen (secondary N) is 2. The predicted molar refractivity (Wildman–Crippen MR) is 134 cm³/mol. The van der Waals surface area contributed by atoms with Crippen molar-refractivity contribution in [1.29, 1.82) is 0 Å². The number of ether oxygens (including phenoxy) is 3. The van der Waals surface area contributed by atoms with Crippen LogP contribution in [0.4, 0.5) is 0 Å². The Balaban J connectivity index is 1.54. The molecule has 2 heterocycles. The maximum Gasteiger partial charge on any atom is 0.255 e. The lowest BCUT2D eigenvalue weighted by atomic mass is 10.1. The minimum Gasteiger partial charge on any atom is -0.491 e. The van der Waals surface area contributed by atoms with Crippen molar-refractivity contribution in [3.05, 3.63) is 52.5 Å². The number of hydrogen-bond acceptors (Lipinski definition) is 6. The number of nitrogens with zero attached hydrogens (tertiary/aromatic N) is 1. The Kier molecular flexibility index (Phi) is 8.20. The molecule has 1 atom stereocenters. The van der Waals surface area contributed by atoms with E-state index in [1.807, 2.05) is 13.8 Å². The van der Waals surface area contributed by atoms with Crippen molar-refractivity contribution in [1.82, 2.24) is 15.5 Å². The quantitative estimate of drug-likeness (QED) is 0.636. The maximum absolute atomic E-state index is 13.3. The Bertz CT molecular complexity index is 1140. The summed E-state index contributed by atoms with van der Waals surface area (Å²) in [6.45, 7) is 4.84. The van der Waals surface area contributed by atoms with Gasteiger partial charge in [0.25, 0.3) is 11.8 Å². The van der Waals surface area contributed by atoms with Gasteiger partial charge in [0, 0.05) is 23.7 Å². The third kappa shape index (κ3) is 6.20. The molecule has 2 aliphatic rings. The zero-order valence-electron chi connectivity index (χ0n) is 20.3. The molecule has 2 aliphatic heterocycles. The fourth-order valence-corrected chi connectivity index (χ4v) is 4.17. The molecule has 0 spiro atoms. The van der Waals surface area contributed by atoms with Crippen LogP contribution in [0.2, 0.25) is 5.02 Å². The Labute approximate surface area is 215 Å². The zero-order valence-corrected chi connectivity index (χ0v) is 21.1. The van der Waals surface area contributed by atoms with Gasteiger partial charge in [-0.25, -0.2) is 0 Å². The zero-order chi connectivity index (χ0) is 25.7. The lowest BCUT2D eigenvalue weighted by Gasteiger charge is -2.26. The van der Waals surface area contributed by atoms with E-state index in [9.17, 15) is 14.4 Å². The smallest absolute Gasteiger partial charge is 0.255 e. The molecule has 0 bridgehead atoms. The van der Waals surface area contributed by atoms with Crippen molar-refractivity contribution < 1.29 is 28.6 Å². The topological polar surface area (TPSA) is 106 Å². The number of amides is 3. The Morgan fingerprint density at radius 3 is 2.61 bits per heavy atom. The second kappa shape index (κ2) is 11.5. The van der Waals surface area contributed by atoms with E-state index in [2.05, 4.69) is 10.6 Å². The highest BCUT2D eigenvalue weighted by Gasteiger charge is 2.25. The van der Waals surface area contributed by atoms with E-state index < -0.39 is 0 Å². The molecule has 2 aromatic rings. The molecule has 192 valence electrons. The standard InChI is InChI=1S/C26H30ClN3O6/c1-16(2)20-14-34-21-8-6-18(27)12-19(21)25(32)28-9-3-4-10-30(13-24(31)29-20)26(33)17-5-7-22-23(11-17)36-15-35-22/h5-8,11-12,16,20H,3-4,9-10,13-15H2,1-2H3,(H,28,32)(H,29,31)/t20-/m1/s1. The largest absolute Gasteiger partial charge is 0.491 e. The van der Waals surface area contributed by atoms with Gasteiger partial charge in [0.2, 0.25) is 12.7 Å². The summed E-state index contributed by atoms with van der Waals surface area (Å²) in [5.41, 5.74) is 0.750. The highest BCUT2D eigenvalue weighted by molar-refractivity contribution is 6.31. The molecule has 0 fully saturated rings. The predicted octanol–water partition coefficient (Wildman–Crippen LogP) is 3.25. The van der Waals surface area contributed by atoms with E-state index in [0.717, 1.165) is 0 Å². The van der Waals surface area contributed by atoms with Gasteiger partial charge in [0.15, 0.2) is 11.5 Å². The molecule has 0 aliphatic carbocycles. The summed E-state index contributed by atoms with van der Waals surface area (Å²) >= 11 is 6.12. The summed E-state index contributed by atoms with van der Waals surface area (Å²) in [6, 6.07) is 9.53. The van der Waals surface area contributed by atoms with Gasteiger partial charge in [-0.05, 0) is 55.2 Å². The van der Waals surface area contributed by atoms with Crippen LogP contribution in [0, 0.1) is 5.92 Å². The van der Waals surface area contributed by atoms with E-state index in [1.54, 1.807) is 36.4 Å². The van der Waals surface area contributed by atoms with Gasteiger partial charge in [0.05, 0.1) is 18.2 Å². The van der Waals surface area contributed by atoms with E-state index in [0.29, 0.717) is 59.3 Å². The highest BCUT2D eigenvalue weighted by Crippen LogP contribution is 2.33.